The summed E-state index contributed by atoms with van der Waals surface area (Å²) in [6.07, 6.45) is 2.72. The predicted molar refractivity (Wildman–Crippen MR) is 99.9 cm³/mol. The Morgan fingerprint density at radius 3 is 2.38 bits per heavy atom. The zero-order valence-corrected chi connectivity index (χ0v) is 15.9. The van der Waals surface area contributed by atoms with Crippen LogP contribution in [-0.4, -0.2) is 38.1 Å². The second-order valence-electron chi connectivity index (χ2n) is 6.19. The summed E-state index contributed by atoms with van der Waals surface area (Å²) in [4.78, 5) is 24.8. The Bertz CT molecular complexity index is 737. The monoisotopic (exact) mass is 420 g/mol. The summed E-state index contributed by atoms with van der Waals surface area (Å²) in [5.74, 6) is -0.0691. The first-order valence-electron chi connectivity index (χ1n) is 8.56. The lowest BCUT2D eigenvalue weighted by Crippen LogP contribution is -2.49. The quantitative estimate of drug-likeness (QED) is 0.703. The average molecular weight is 421 g/mol. The average Bonchev–Trinajstić information content (AvgIpc) is 3.21. The van der Waals surface area contributed by atoms with Crippen molar-refractivity contribution in [2.24, 2.45) is 0 Å². The van der Waals surface area contributed by atoms with Gasteiger partial charge < -0.3 is 19.8 Å². The number of carbonyl (C=O) groups excluding carboxylic acids is 2. The highest BCUT2D eigenvalue weighted by Crippen LogP contribution is 2.35. The van der Waals surface area contributed by atoms with E-state index in [0.29, 0.717) is 39.1 Å². The van der Waals surface area contributed by atoms with E-state index in [1.165, 1.54) is 6.26 Å². The van der Waals surface area contributed by atoms with E-state index in [0.717, 1.165) is 10.0 Å². The molecule has 1 aromatic heterocycles. The Kier molecular flexibility index (Phi) is 6.11. The molecule has 0 aliphatic carbocycles. The van der Waals surface area contributed by atoms with Gasteiger partial charge in [0.25, 0.3) is 5.91 Å². The largest absolute Gasteiger partial charge is 0.459 e. The first-order valence-corrected chi connectivity index (χ1v) is 9.35. The van der Waals surface area contributed by atoms with E-state index in [4.69, 9.17) is 9.15 Å². The van der Waals surface area contributed by atoms with Crippen LogP contribution in [-0.2, 0) is 14.9 Å². The number of carbonyl (C=O) groups is 2. The van der Waals surface area contributed by atoms with Gasteiger partial charge in [0.15, 0.2) is 5.76 Å². The molecule has 0 saturated carbocycles. The maximum Gasteiger partial charge on any atom is 0.287 e. The first kappa shape index (κ1) is 18.7. The Morgan fingerprint density at radius 2 is 1.73 bits per heavy atom. The van der Waals surface area contributed by atoms with Crippen LogP contribution in [0.4, 0.5) is 0 Å². The van der Waals surface area contributed by atoms with Gasteiger partial charge in [-0.25, -0.2) is 0 Å². The number of benzene rings is 1. The SMILES string of the molecule is O=C(NCCNC(=O)C1(c2ccc(Br)cc2)CCOCC1)c1ccco1. The van der Waals surface area contributed by atoms with E-state index >= 15 is 0 Å². The molecule has 1 aliphatic rings. The van der Waals surface area contributed by atoms with Crippen molar-refractivity contribution < 1.29 is 18.7 Å². The van der Waals surface area contributed by atoms with Crippen molar-refractivity contribution in [3.63, 3.8) is 0 Å². The Labute approximate surface area is 160 Å². The van der Waals surface area contributed by atoms with E-state index in [-0.39, 0.29) is 17.6 Å². The molecule has 138 valence electrons. The number of hydrogen-bond acceptors (Lipinski definition) is 4. The molecule has 6 nitrogen and oxygen atoms in total. The third kappa shape index (κ3) is 4.16. The third-order valence-electron chi connectivity index (χ3n) is 4.62. The van der Waals surface area contributed by atoms with Crippen LogP contribution in [0.15, 0.2) is 51.6 Å². The molecule has 2 heterocycles. The van der Waals surface area contributed by atoms with Gasteiger partial charge in [-0.3, -0.25) is 9.59 Å². The summed E-state index contributed by atoms with van der Waals surface area (Å²) in [7, 11) is 0. The summed E-state index contributed by atoms with van der Waals surface area (Å²) < 4.78 is 11.5. The van der Waals surface area contributed by atoms with Crippen LogP contribution in [0.3, 0.4) is 0 Å². The summed E-state index contributed by atoms with van der Waals surface area (Å²) in [6.45, 7) is 1.79. The van der Waals surface area contributed by atoms with Gasteiger partial charge in [0.05, 0.1) is 11.7 Å². The van der Waals surface area contributed by atoms with Crippen LogP contribution in [0.1, 0.15) is 29.0 Å². The fourth-order valence-corrected chi connectivity index (χ4v) is 3.42. The van der Waals surface area contributed by atoms with Crippen molar-refractivity contribution >= 4 is 27.7 Å². The third-order valence-corrected chi connectivity index (χ3v) is 5.15. The summed E-state index contributed by atoms with van der Waals surface area (Å²) in [5, 5.41) is 5.68. The number of halogens is 1. The second-order valence-corrected chi connectivity index (χ2v) is 7.11. The molecule has 7 heteroatoms. The van der Waals surface area contributed by atoms with Gasteiger partial charge in [-0.2, -0.15) is 0 Å². The predicted octanol–water partition coefficient (Wildman–Crippen LogP) is 2.64. The van der Waals surface area contributed by atoms with Gasteiger partial charge in [0.1, 0.15) is 0 Å². The molecule has 1 aliphatic heterocycles. The normalized spacial score (nSPS) is 16.0. The van der Waals surface area contributed by atoms with Crippen molar-refractivity contribution in [3.05, 3.63) is 58.5 Å². The molecule has 3 rings (SSSR count). The number of hydrogen-bond donors (Lipinski definition) is 2. The van der Waals surface area contributed by atoms with E-state index in [1.807, 2.05) is 24.3 Å². The van der Waals surface area contributed by atoms with Crippen LogP contribution in [0, 0.1) is 0 Å². The van der Waals surface area contributed by atoms with Crippen molar-refractivity contribution in [1.82, 2.24) is 10.6 Å². The van der Waals surface area contributed by atoms with Gasteiger partial charge in [0.2, 0.25) is 5.91 Å². The number of rotatable bonds is 6. The minimum absolute atomic E-state index is 0.0321. The zero-order chi connectivity index (χ0) is 18.4. The van der Waals surface area contributed by atoms with Gasteiger partial charge in [0, 0.05) is 30.8 Å². The number of nitrogens with one attached hydrogen (secondary N) is 2. The molecule has 0 atom stereocenters. The minimum atomic E-state index is -0.593. The lowest BCUT2D eigenvalue weighted by atomic mass is 9.73. The van der Waals surface area contributed by atoms with Gasteiger partial charge in [-0.1, -0.05) is 28.1 Å². The minimum Gasteiger partial charge on any atom is -0.459 e. The number of amides is 2. The molecule has 0 bridgehead atoms. The van der Waals surface area contributed by atoms with Gasteiger partial charge >= 0.3 is 0 Å². The smallest absolute Gasteiger partial charge is 0.287 e. The molecule has 2 N–H and O–H groups in total. The van der Waals surface area contributed by atoms with Crippen LogP contribution < -0.4 is 10.6 Å². The van der Waals surface area contributed by atoms with Crippen molar-refractivity contribution in [1.29, 1.82) is 0 Å². The van der Waals surface area contributed by atoms with E-state index < -0.39 is 5.41 Å². The summed E-state index contributed by atoms with van der Waals surface area (Å²) in [5.41, 5.74) is 0.394. The van der Waals surface area contributed by atoms with Crippen LogP contribution >= 0.6 is 15.9 Å². The van der Waals surface area contributed by atoms with Gasteiger partial charge in [-0.15, -0.1) is 0 Å². The summed E-state index contributed by atoms with van der Waals surface area (Å²) in [6, 6.07) is 11.1. The zero-order valence-electron chi connectivity index (χ0n) is 14.3. The highest BCUT2D eigenvalue weighted by molar-refractivity contribution is 9.10. The molecule has 2 amide bonds. The molecule has 0 radical (unpaired) electrons. The topological polar surface area (TPSA) is 80.6 Å². The van der Waals surface area contributed by atoms with Gasteiger partial charge in [-0.05, 0) is 42.7 Å². The molecular weight excluding hydrogens is 400 g/mol. The lowest BCUT2D eigenvalue weighted by molar-refractivity contribution is -0.130. The van der Waals surface area contributed by atoms with Crippen LogP contribution in [0.5, 0.6) is 0 Å². The summed E-state index contributed by atoms with van der Waals surface area (Å²) >= 11 is 3.43. The first-order chi connectivity index (χ1) is 12.6. The van der Waals surface area contributed by atoms with Crippen LogP contribution in [0.25, 0.3) is 0 Å². The van der Waals surface area contributed by atoms with Crippen molar-refractivity contribution in [2.75, 3.05) is 26.3 Å². The highest BCUT2D eigenvalue weighted by Gasteiger charge is 2.41. The molecule has 1 saturated heterocycles. The molecule has 1 fully saturated rings. The number of furan rings is 1. The maximum atomic E-state index is 13.0. The molecule has 0 unspecified atom stereocenters. The second kappa shape index (κ2) is 8.51. The fourth-order valence-electron chi connectivity index (χ4n) is 3.15. The molecule has 0 spiro atoms. The van der Waals surface area contributed by atoms with E-state index in [9.17, 15) is 9.59 Å². The van der Waals surface area contributed by atoms with E-state index in [2.05, 4.69) is 26.6 Å². The molecule has 26 heavy (non-hydrogen) atoms. The Hall–Kier alpha value is -2.12. The van der Waals surface area contributed by atoms with Crippen LogP contribution in [0.2, 0.25) is 0 Å². The maximum absolute atomic E-state index is 13.0. The molecule has 2 aromatic rings. The molecular formula is C19H21BrN2O4. The van der Waals surface area contributed by atoms with Crippen molar-refractivity contribution in [2.45, 2.75) is 18.3 Å². The van der Waals surface area contributed by atoms with E-state index in [1.54, 1.807) is 12.1 Å². The van der Waals surface area contributed by atoms with Crippen molar-refractivity contribution in [3.8, 4) is 0 Å². The Morgan fingerprint density at radius 1 is 1.04 bits per heavy atom. The Balaban J connectivity index is 1.59. The lowest BCUT2D eigenvalue weighted by Gasteiger charge is -2.36. The highest BCUT2D eigenvalue weighted by atomic mass is 79.9. The number of ether oxygens (including phenoxy) is 1. The fraction of sp³-hybridized carbons (Fsp3) is 0.368. The molecule has 1 aromatic carbocycles. The standard InChI is InChI=1S/C19H21BrN2O4/c20-15-5-3-14(4-6-15)19(7-12-25-13-8-19)18(24)22-10-9-21-17(23)16-2-1-11-26-16/h1-6,11H,7-10,12-13H2,(H,21,23)(H,22,24).